The first kappa shape index (κ1) is 13.8. The van der Waals surface area contributed by atoms with Gasteiger partial charge in [0.15, 0.2) is 0 Å². The van der Waals surface area contributed by atoms with Gasteiger partial charge < -0.3 is 15.8 Å². The fraction of sp³-hybridized carbons (Fsp3) is 0.846. The maximum Gasteiger partial charge on any atom is 0.237 e. The van der Waals surface area contributed by atoms with E-state index in [1.807, 2.05) is 7.05 Å². The Morgan fingerprint density at radius 3 is 3.11 bits per heavy atom. The first-order valence-corrected chi connectivity index (χ1v) is 6.69. The van der Waals surface area contributed by atoms with Crippen LogP contribution in [-0.4, -0.2) is 55.7 Å². The van der Waals surface area contributed by atoms with Crippen molar-refractivity contribution < 1.29 is 9.53 Å². The van der Waals surface area contributed by atoms with Crippen LogP contribution in [0.5, 0.6) is 0 Å². The van der Waals surface area contributed by atoms with Crippen LogP contribution >= 0.6 is 0 Å². The summed E-state index contributed by atoms with van der Waals surface area (Å²) in [7, 11) is 3.63. The van der Waals surface area contributed by atoms with Crippen LogP contribution in [0, 0.1) is 6.42 Å². The van der Waals surface area contributed by atoms with Crippen LogP contribution in [0.15, 0.2) is 0 Å². The smallest absolute Gasteiger partial charge is 0.237 e. The van der Waals surface area contributed by atoms with Gasteiger partial charge in [0.1, 0.15) is 5.54 Å². The Hall–Kier alpha value is -0.650. The Kier molecular flexibility index (Phi) is 4.25. The van der Waals surface area contributed by atoms with Gasteiger partial charge in [0.05, 0.1) is 6.10 Å². The molecule has 103 valence electrons. The number of methoxy groups -OCH3 is 1. The van der Waals surface area contributed by atoms with Crippen molar-refractivity contribution >= 4 is 5.91 Å². The number of carbonyl (C=O) groups is 1. The van der Waals surface area contributed by atoms with Gasteiger partial charge in [-0.05, 0) is 39.2 Å². The SMILES string of the molecule is CNCC(CN1[C@@H]2C[CH]C[C@@]1(C(N)=O)CC2)OC. The van der Waals surface area contributed by atoms with Crippen LogP contribution in [-0.2, 0) is 9.53 Å². The molecule has 2 heterocycles. The van der Waals surface area contributed by atoms with E-state index in [9.17, 15) is 4.79 Å². The normalized spacial score (nSPS) is 33.6. The Bertz CT molecular complexity index is 307. The number of rotatable bonds is 6. The molecule has 2 aliphatic heterocycles. The van der Waals surface area contributed by atoms with Crippen LogP contribution in [0.1, 0.15) is 25.7 Å². The van der Waals surface area contributed by atoms with Gasteiger partial charge in [-0.25, -0.2) is 0 Å². The minimum atomic E-state index is -0.451. The van der Waals surface area contributed by atoms with E-state index >= 15 is 0 Å². The minimum absolute atomic E-state index is 0.104. The Morgan fingerprint density at radius 1 is 1.72 bits per heavy atom. The van der Waals surface area contributed by atoms with Gasteiger partial charge in [0.2, 0.25) is 5.91 Å². The maximum atomic E-state index is 11.9. The largest absolute Gasteiger partial charge is 0.379 e. The quantitative estimate of drug-likeness (QED) is 0.695. The second-order valence-electron chi connectivity index (χ2n) is 5.38. The highest BCUT2D eigenvalue weighted by Crippen LogP contribution is 2.43. The predicted molar refractivity (Wildman–Crippen MR) is 69.9 cm³/mol. The molecule has 2 saturated heterocycles. The average molecular weight is 254 g/mol. The van der Waals surface area contributed by atoms with Gasteiger partial charge >= 0.3 is 0 Å². The van der Waals surface area contributed by atoms with Crippen molar-refractivity contribution in [2.75, 3.05) is 27.2 Å². The van der Waals surface area contributed by atoms with Crippen molar-refractivity contribution in [2.45, 2.75) is 43.4 Å². The lowest BCUT2D eigenvalue weighted by atomic mass is 9.87. The second-order valence-corrected chi connectivity index (χ2v) is 5.38. The lowest BCUT2D eigenvalue weighted by Gasteiger charge is -2.43. The first-order chi connectivity index (χ1) is 8.64. The third kappa shape index (κ3) is 2.27. The molecule has 3 N–H and O–H groups in total. The number of likely N-dealkylation sites (N-methyl/N-ethyl adjacent to an activating group) is 1. The number of nitrogens with one attached hydrogen (secondary N) is 1. The lowest BCUT2D eigenvalue weighted by Crippen LogP contribution is -2.60. The van der Waals surface area contributed by atoms with Crippen LogP contribution < -0.4 is 11.1 Å². The molecule has 18 heavy (non-hydrogen) atoms. The van der Waals surface area contributed by atoms with E-state index in [0.29, 0.717) is 6.04 Å². The van der Waals surface area contributed by atoms with Crippen molar-refractivity contribution in [1.82, 2.24) is 10.2 Å². The van der Waals surface area contributed by atoms with Crippen LogP contribution in [0.4, 0.5) is 0 Å². The fourth-order valence-electron chi connectivity index (χ4n) is 3.39. The summed E-state index contributed by atoms with van der Waals surface area (Å²) in [6, 6.07) is 0.459. The molecule has 2 fully saturated rings. The summed E-state index contributed by atoms with van der Waals surface area (Å²) in [5.74, 6) is -0.180. The molecule has 0 aromatic carbocycles. The van der Waals surface area contributed by atoms with Gasteiger partial charge in [-0.1, -0.05) is 0 Å². The van der Waals surface area contributed by atoms with Gasteiger partial charge in [-0.2, -0.15) is 0 Å². The van der Waals surface area contributed by atoms with Crippen molar-refractivity contribution in [3.05, 3.63) is 6.42 Å². The summed E-state index contributed by atoms with van der Waals surface area (Å²) in [4.78, 5) is 14.2. The van der Waals surface area contributed by atoms with Crippen LogP contribution in [0.2, 0.25) is 0 Å². The van der Waals surface area contributed by atoms with E-state index in [2.05, 4.69) is 16.6 Å². The Morgan fingerprint density at radius 2 is 2.50 bits per heavy atom. The highest BCUT2D eigenvalue weighted by molar-refractivity contribution is 5.85. The third-order valence-corrected chi connectivity index (χ3v) is 4.43. The average Bonchev–Trinajstić information content (AvgIpc) is 2.57. The topological polar surface area (TPSA) is 67.6 Å². The zero-order valence-corrected chi connectivity index (χ0v) is 11.3. The molecule has 2 bridgehead atoms. The summed E-state index contributed by atoms with van der Waals surface area (Å²) in [5.41, 5.74) is 5.21. The first-order valence-electron chi connectivity index (χ1n) is 6.69. The lowest BCUT2D eigenvalue weighted by molar-refractivity contribution is -0.131. The predicted octanol–water partition coefficient (Wildman–Crippen LogP) is -0.0926. The van der Waals surface area contributed by atoms with Crippen molar-refractivity contribution in [3.63, 3.8) is 0 Å². The summed E-state index contributed by atoms with van der Waals surface area (Å²) in [6.45, 7) is 1.57. The molecule has 1 radical (unpaired) electrons. The third-order valence-electron chi connectivity index (χ3n) is 4.43. The second kappa shape index (κ2) is 5.55. The van der Waals surface area contributed by atoms with E-state index in [1.54, 1.807) is 7.11 Å². The number of ether oxygens (including phenoxy) is 1. The molecule has 5 nitrogen and oxygen atoms in total. The van der Waals surface area contributed by atoms with Crippen molar-refractivity contribution in [1.29, 1.82) is 0 Å². The van der Waals surface area contributed by atoms with Crippen LogP contribution in [0.3, 0.4) is 0 Å². The zero-order chi connectivity index (χ0) is 13.2. The van der Waals surface area contributed by atoms with Crippen molar-refractivity contribution in [3.8, 4) is 0 Å². The highest BCUT2D eigenvalue weighted by Gasteiger charge is 2.52. The molecule has 0 aromatic heterocycles. The molecule has 0 spiro atoms. The Balaban J connectivity index is 2.11. The molecule has 3 atom stereocenters. The number of nitrogens with two attached hydrogens (primary N) is 1. The number of piperidine rings is 1. The summed E-state index contributed by atoms with van der Waals surface area (Å²) in [5, 5.41) is 3.12. The molecule has 2 aliphatic rings. The van der Waals surface area contributed by atoms with E-state index in [-0.39, 0.29) is 12.0 Å². The number of fused-ring (bicyclic) bond motifs is 2. The molecule has 0 saturated carbocycles. The number of hydrogen-bond acceptors (Lipinski definition) is 4. The Labute approximate surface area is 109 Å². The van der Waals surface area contributed by atoms with Gasteiger partial charge in [0.25, 0.3) is 0 Å². The van der Waals surface area contributed by atoms with E-state index in [0.717, 1.165) is 38.8 Å². The molecular weight excluding hydrogens is 230 g/mol. The van der Waals surface area contributed by atoms with Gasteiger partial charge in [-0.15, -0.1) is 0 Å². The zero-order valence-electron chi connectivity index (χ0n) is 11.3. The van der Waals surface area contributed by atoms with Crippen molar-refractivity contribution in [2.24, 2.45) is 5.73 Å². The molecule has 0 aromatic rings. The number of nitrogens with zero attached hydrogens (tertiary/aromatic N) is 1. The summed E-state index contributed by atoms with van der Waals surface area (Å²) in [6.07, 6.45) is 6.13. The molecule has 1 amide bonds. The maximum absolute atomic E-state index is 11.9. The molecule has 1 unspecified atom stereocenters. The number of hydrogen-bond donors (Lipinski definition) is 2. The highest BCUT2D eigenvalue weighted by atomic mass is 16.5. The van der Waals surface area contributed by atoms with E-state index < -0.39 is 5.54 Å². The number of primary amides is 1. The molecule has 5 heteroatoms. The summed E-state index contributed by atoms with van der Waals surface area (Å²) >= 11 is 0. The van der Waals surface area contributed by atoms with Crippen LogP contribution in [0.25, 0.3) is 0 Å². The van der Waals surface area contributed by atoms with Gasteiger partial charge in [0, 0.05) is 26.2 Å². The fourth-order valence-corrected chi connectivity index (χ4v) is 3.39. The number of amides is 1. The van der Waals surface area contributed by atoms with E-state index in [1.165, 1.54) is 0 Å². The monoisotopic (exact) mass is 254 g/mol. The minimum Gasteiger partial charge on any atom is -0.379 e. The molecular formula is C13H24N3O2. The summed E-state index contributed by atoms with van der Waals surface area (Å²) < 4.78 is 5.48. The molecule has 0 aliphatic carbocycles. The standard InChI is InChI=1S/C13H24N3O2/c1-15-8-11(18-2)9-16-10-4-3-6-13(16,7-5-10)12(14)17/h3,10-11,15H,4-9H2,1-2H3,(H2,14,17)/t10-,11?,13+/m1/s1. The number of carbonyl (C=O) groups excluding carboxylic acids is 1. The molecule has 2 rings (SSSR count). The van der Waals surface area contributed by atoms with E-state index in [4.69, 9.17) is 10.5 Å². The van der Waals surface area contributed by atoms with Gasteiger partial charge in [-0.3, -0.25) is 9.69 Å².